The summed E-state index contributed by atoms with van der Waals surface area (Å²) in [4.78, 5) is 28.6. The van der Waals surface area contributed by atoms with Gasteiger partial charge in [0.15, 0.2) is 6.61 Å². The van der Waals surface area contributed by atoms with Crippen molar-refractivity contribution in [2.75, 3.05) is 11.9 Å². The highest BCUT2D eigenvalue weighted by atomic mass is 16.5. The Bertz CT molecular complexity index is 892. The second kappa shape index (κ2) is 6.91. The zero-order valence-electron chi connectivity index (χ0n) is 13.2. The number of esters is 1. The maximum absolute atomic E-state index is 12.3. The fourth-order valence-corrected chi connectivity index (χ4v) is 2.40. The molecule has 0 spiro atoms. The average Bonchev–Trinajstić information content (AvgIpc) is 2.59. The molecule has 0 aliphatic heterocycles. The lowest BCUT2D eigenvalue weighted by molar-refractivity contribution is -0.119. The molecule has 0 unspecified atom stereocenters. The van der Waals surface area contributed by atoms with Gasteiger partial charge in [-0.1, -0.05) is 36.4 Å². The first-order chi connectivity index (χ1) is 11.6. The molecule has 1 heterocycles. The van der Waals surface area contributed by atoms with E-state index in [1.165, 1.54) is 0 Å². The van der Waals surface area contributed by atoms with Crippen LogP contribution in [0.25, 0.3) is 10.9 Å². The highest BCUT2D eigenvalue weighted by Gasteiger charge is 2.14. The number of benzene rings is 2. The van der Waals surface area contributed by atoms with Gasteiger partial charge in [-0.05, 0) is 31.2 Å². The Morgan fingerprint density at radius 2 is 1.75 bits per heavy atom. The number of rotatable bonds is 4. The number of nitrogens with one attached hydrogen (secondary N) is 1. The molecule has 0 aliphatic carbocycles. The van der Waals surface area contributed by atoms with Crippen molar-refractivity contribution in [3.8, 4) is 0 Å². The van der Waals surface area contributed by atoms with E-state index in [0.29, 0.717) is 16.6 Å². The van der Waals surface area contributed by atoms with Crippen molar-refractivity contribution in [1.82, 2.24) is 4.98 Å². The molecule has 5 nitrogen and oxygen atoms in total. The summed E-state index contributed by atoms with van der Waals surface area (Å²) in [7, 11) is 0. The molecule has 0 atom stereocenters. The maximum atomic E-state index is 12.3. The van der Waals surface area contributed by atoms with Crippen LogP contribution >= 0.6 is 0 Å². The molecular formula is C19H16N2O3. The Morgan fingerprint density at radius 3 is 2.54 bits per heavy atom. The fourth-order valence-electron chi connectivity index (χ4n) is 2.40. The second-order valence-corrected chi connectivity index (χ2v) is 5.32. The van der Waals surface area contributed by atoms with E-state index >= 15 is 0 Å². The van der Waals surface area contributed by atoms with Crippen molar-refractivity contribution < 1.29 is 14.3 Å². The standard InChI is InChI=1S/C19H16N2O3/c1-13-11-16(15-9-5-6-10-17(15)20-13)19(23)24-12-18(22)21-14-7-3-2-4-8-14/h2-11H,12H2,1H3,(H,21,22). The van der Waals surface area contributed by atoms with Crippen LogP contribution in [0.1, 0.15) is 16.1 Å². The first-order valence-electron chi connectivity index (χ1n) is 7.52. The topological polar surface area (TPSA) is 68.3 Å². The Hall–Kier alpha value is -3.21. The number of nitrogens with zero attached hydrogens (tertiary/aromatic N) is 1. The van der Waals surface area contributed by atoms with Gasteiger partial charge >= 0.3 is 5.97 Å². The van der Waals surface area contributed by atoms with E-state index in [4.69, 9.17) is 4.74 Å². The zero-order chi connectivity index (χ0) is 16.9. The van der Waals surface area contributed by atoms with Gasteiger partial charge in [-0.3, -0.25) is 9.78 Å². The summed E-state index contributed by atoms with van der Waals surface area (Å²) in [6, 6.07) is 18.0. The Kier molecular flexibility index (Phi) is 4.52. The van der Waals surface area contributed by atoms with Crippen LogP contribution < -0.4 is 5.32 Å². The lowest BCUT2D eigenvalue weighted by Crippen LogP contribution is -2.21. The van der Waals surface area contributed by atoms with Crippen molar-refractivity contribution in [2.45, 2.75) is 6.92 Å². The van der Waals surface area contributed by atoms with Gasteiger partial charge in [0.05, 0.1) is 11.1 Å². The van der Waals surface area contributed by atoms with E-state index in [2.05, 4.69) is 10.3 Å². The van der Waals surface area contributed by atoms with Gasteiger partial charge in [0.25, 0.3) is 5.91 Å². The number of amides is 1. The molecule has 120 valence electrons. The summed E-state index contributed by atoms with van der Waals surface area (Å²) >= 11 is 0. The molecule has 24 heavy (non-hydrogen) atoms. The first kappa shape index (κ1) is 15.7. The van der Waals surface area contributed by atoms with E-state index in [1.54, 1.807) is 18.2 Å². The van der Waals surface area contributed by atoms with Gasteiger partial charge in [-0.15, -0.1) is 0 Å². The zero-order valence-corrected chi connectivity index (χ0v) is 13.2. The number of hydrogen-bond donors (Lipinski definition) is 1. The van der Waals surface area contributed by atoms with Crippen molar-refractivity contribution >= 4 is 28.5 Å². The monoisotopic (exact) mass is 320 g/mol. The number of hydrogen-bond acceptors (Lipinski definition) is 4. The van der Waals surface area contributed by atoms with Gasteiger partial charge in [0.1, 0.15) is 0 Å². The van der Waals surface area contributed by atoms with Gasteiger partial charge in [-0.25, -0.2) is 4.79 Å². The lowest BCUT2D eigenvalue weighted by Gasteiger charge is -2.09. The van der Waals surface area contributed by atoms with Crippen molar-refractivity contribution in [2.24, 2.45) is 0 Å². The summed E-state index contributed by atoms with van der Waals surface area (Å²) in [5.41, 5.74) is 2.50. The number of carbonyl (C=O) groups excluding carboxylic acids is 2. The van der Waals surface area contributed by atoms with Crippen LogP contribution in [-0.2, 0) is 9.53 Å². The number of aromatic nitrogens is 1. The van der Waals surface area contributed by atoms with Crippen LogP contribution in [0.5, 0.6) is 0 Å². The van der Waals surface area contributed by atoms with Crippen LogP contribution in [-0.4, -0.2) is 23.5 Å². The number of anilines is 1. The van der Waals surface area contributed by atoms with Crippen LogP contribution in [0.4, 0.5) is 5.69 Å². The van der Waals surface area contributed by atoms with Gasteiger partial charge < -0.3 is 10.1 Å². The predicted octanol–water partition coefficient (Wildman–Crippen LogP) is 3.34. The number of para-hydroxylation sites is 2. The van der Waals surface area contributed by atoms with Gasteiger partial charge in [-0.2, -0.15) is 0 Å². The highest BCUT2D eigenvalue weighted by molar-refractivity contribution is 6.04. The first-order valence-corrected chi connectivity index (χ1v) is 7.52. The summed E-state index contributed by atoms with van der Waals surface area (Å²) in [5.74, 6) is -0.926. The maximum Gasteiger partial charge on any atom is 0.339 e. The molecule has 2 aromatic carbocycles. The van der Waals surface area contributed by atoms with Crippen LogP contribution in [0, 0.1) is 6.92 Å². The van der Waals surface area contributed by atoms with Crippen LogP contribution in [0.2, 0.25) is 0 Å². The van der Waals surface area contributed by atoms with Crippen LogP contribution in [0.15, 0.2) is 60.7 Å². The minimum Gasteiger partial charge on any atom is -0.452 e. The van der Waals surface area contributed by atoms with E-state index in [-0.39, 0.29) is 12.5 Å². The molecule has 0 bridgehead atoms. The van der Waals surface area contributed by atoms with E-state index in [1.807, 2.05) is 49.4 Å². The molecule has 0 fully saturated rings. The summed E-state index contributed by atoms with van der Waals surface area (Å²) < 4.78 is 5.15. The van der Waals surface area contributed by atoms with E-state index in [0.717, 1.165) is 11.2 Å². The highest BCUT2D eigenvalue weighted by Crippen LogP contribution is 2.19. The minimum absolute atomic E-state index is 0.344. The molecular weight excluding hydrogens is 304 g/mol. The predicted molar refractivity (Wildman–Crippen MR) is 91.8 cm³/mol. The Balaban J connectivity index is 1.70. The fraction of sp³-hybridized carbons (Fsp3) is 0.105. The molecule has 0 aliphatic rings. The Morgan fingerprint density at radius 1 is 1.04 bits per heavy atom. The van der Waals surface area contributed by atoms with Crippen LogP contribution in [0.3, 0.4) is 0 Å². The molecule has 0 saturated carbocycles. The summed E-state index contributed by atoms with van der Waals surface area (Å²) in [6.07, 6.45) is 0. The van der Waals surface area contributed by atoms with E-state index < -0.39 is 5.97 Å². The SMILES string of the molecule is Cc1cc(C(=O)OCC(=O)Nc2ccccc2)c2ccccc2n1. The van der Waals surface area contributed by atoms with E-state index in [9.17, 15) is 9.59 Å². The second-order valence-electron chi connectivity index (χ2n) is 5.32. The van der Waals surface area contributed by atoms with Crippen molar-refractivity contribution in [3.63, 3.8) is 0 Å². The number of fused-ring (bicyclic) bond motifs is 1. The number of carbonyl (C=O) groups is 2. The molecule has 3 rings (SSSR count). The smallest absolute Gasteiger partial charge is 0.339 e. The molecule has 1 amide bonds. The largest absolute Gasteiger partial charge is 0.452 e. The molecule has 1 aromatic heterocycles. The summed E-state index contributed by atoms with van der Waals surface area (Å²) in [5, 5.41) is 3.37. The van der Waals surface area contributed by atoms with Gasteiger partial charge in [0, 0.05) is 16.8 Å². The van der Waals surface area contributed by atoms with Gasteiger partial charge in [0.2, 0.25) is 0 Å². The number of ether oxygens (including phenoxy) is 1. The van der Waals surface area contributed by atoms with Crippen molar-refractivity contribution in [3.05, 3.63) is 71.9 Å². The normalized spacial score (nSPS) is 10.4. The average molecular weight is 320 g/mol. The molecule has 3 aromatic rings. The molecule has 1 N–H and O–H groups in total. The quantitative estimate of drug-likeness (QED) is 0.749. The number of pyridine rings is 1. The summed E-state index contributed by atoms with van der Waals surface area (Å²) in [6.45, 7) is 1.47. The number of aryl methyl sites for hydroxylation is 1. The molecule has 5 heteroatoms. The Labute approximate surface area is 139 Å². The minimum atomic E-state index is -0.542. The lowest BCUT2D eigenvalue weighted by atomic mass is 10.1. The third-order valence-corrected chi connectivity index (χ3v) is 3.46. The van der Waals surface area contributed by atoms with Crippen molar-refractivity contribution in [1.29, 1.82) is 0 Å². The third-order valence-electron chi connectivity index (χ3n) is 3.46. The molecule has 0 saturated heterocycles. The molecule has 0 radical (unpaired) electrons. The third kappa shape index (κ3) is 3.57.